The summed E-state index contributed by atoms with van der Waals surface area (Å²) in [7, 11) is 1.57. The SMILES string of the molecule is COc1cc(Sc2c(N)cccc2CCCCO)c(Cl)cn1. The van der Waals surface area contributed by atoms with E-state index in [0.717, 1.165) is 40.3 Å². The number of pyridine rings is 1. The molecule has 0 bridgehead atoms. The second-order valence-electron chi connectivity index (χ2n) is 4.78. The maximum atomic E-state index is 8.93. The van der Waals surface area contributed by atoms with Crippen LogP contribution in [0.25, 0.3) is 0 Å². The molecular weight excluding hydrogens is 320 g/mol. The highest BCUT2D eigenvalue weighted by Crippen LogP contribution is 2.39. The molecule has 0 fully saturated rings. The third-order valence-electron chi connectivity index (χ3n) is 3.20. The van der Waals surface area contributed by atoms with Gasteiger partial charge in [0.15, 0.2) is 0 Å². The second kappa shape index (κ2) is 8.27. The van der Waals surface area contributed by atoms with Gasteiger partial charge in [0.25, 0.3) is 0 Å². The fourth-order valence-corrected chi connectivity index (χ4v) is 3.29. The van der Waals surface area contributed by atoms with E-state index in [2.05, 4.69) is 11.1 Å². The van der Waals surface area contributed by atoms with Gasteiger partial charge in [-0.1, -0.05) is 35.5 Å². The highest BCUT2D eigenvalue weighted by molar-refractivity contribution is 7.99. The van der Waals surface area contributed by atoms with Crippen molar-refractivity contribution in [3.63, 3.8) is 0 Å². The molecular formula is C16H19ClN2O2S. The number of aryl methyl sites for hydroxylation is 1. The number of nitrogens with zero attached hydrogens (tertiary/aromatic N) is 1. The third kappa shape index (κ3) is 4.29. The Morgan fingerprint density at radius 1 is 1.36 bits per heavy atom. The number of halogens is 1. The summed E-state index contributed by atoms with van der Waals surface area (Å²) in [6, 6.07) is 7.69. The number of unbranched alkanes of at least 4 members (excludes halogenated alkanes) is 1. The lowest BCUT2D eigenvalue weighted by Gasteiger charge is -2.13. The van der Waals surface area contributed by atoms with E-state index in [4.69, 9.17) is 27.2 Å². The first-order valence-electron chi connectivity index (χ1n) is 7.01. The van der Waals surface area contributed by atoms with E-state index in [-0.39, 0.29) is 6.61 Å². The van der Waals surface area contributed by atoms with Gasteiger partial charge >= 0.3 is 0 Å². The van der Waals surface area contributed by atoms with E-state index >= 15 is 0 Å². The van der Waals surface area contributed by atoms with Crippen LogP contribution in [-0.4, -0.2) is 23.8 Å². The van der Waals surface area contributed by atoms with Crippen LogP contribution in [0.3, 0.4) is 0 Å². The van der Waals surface area contributed by atoms with Crippen LogP contribution in [-0.2, 0) is 6.42 Å². The highest BCUT2D eigenvalue weighted by Gasteiger charge is 2.12. The van der Waals surface area contributed by atoms with Crippen LogP contribution in [0.2, 0.25) is 5.02 Å². The van der Waals surface area contributed by atoms with Gasteiger partial charge in [0.1, 0.15) is 0 Å². The quantitative estimate of drug-likeness (QED) is 0.593. The van der Waals surface area contributed by atoms with Crippen LogP contribution in [0.4, 0.5) is 5.69 Å². The lowest BCUT2D eigenvalue weighted by molar-refractivity contribution is 0.284. The zero-order chi connectivity index (χ0) is 15.9. The lowest BCUT2D eigenvalue weighted by Crippen LogP contribution is -1.96. The first-order valence-corrected chi connectivity index (χ1v) is 8.20. The van der Waals surface area contributed by atoms with Gasteiger partial charge in [-0.3, -0.25) is 0 Å². The van der Waals surface area contributed by atoms with E-state index in [0.29, 0.717) is 10.9 Å². The molecule has 4 nitrogen and oxygen atoms in total. The van der Waals surface area contributed by atoms with E-state index in [1.165, 1.54) is 11.8 Å². The van der Waals surface area contributed by atoms with Crippen molar-refractivity contribution in [1.29, 1.82) is 0 Å². The van der Waals surface area contributed by atoms with Crippen molar-refractivity contribution in [1.82, 2.24) is 4.98 Å². The van der Waals surface area contributed by atoms with E-state index in [1.807, 2.05) is 12.1 Å². The molecule has 0 aliphatic carbocycles. The zero-order valence-electron chi connectivity index (χ0n) is 12.4. The number of benzene rings is 1. The molecule has 1 aromatic heterocycles. The van der Waals surface area contributed by atoms with Crippen LogP contribution in [0.1, 0.15) is 18.4 Å². The van der Waals surface area contributed by atoms with Gasteiger partial charge in [-0.25, -0.2) is 4.98 Å². The molecule has 0 spiro atoms. The standard InChI is InChI=1S/C16H19ClN2O2S/c1-21-15-9-14(12(17)10-19-15)22-16-11(5-2-3-8-20)6-4-7-13(16)18/h4,6-7,9-10,20H,2-3,5,8,18H2,1H3. The Bertz CT molecular complexity index is 638. The molecule has 0 saturated carbocycles. The Morgan fingerprint density at radius 3 is 2.91 bits per heavy atom. The molecule has 1 heterocycles. The second-order valence-corrected chi connectivity index (χ2v) is 6.23. The van der Waals surface area contributed by atoms with Crippen LogP contribution < -0.4 is 10.5 Å². The Balaban J connectivity index is 2.28. The average molecular weight is 339 g/mol. The molecule has 22 heavy (non-hydrogen) atoms. The molecule has 0 unspecified atom stereocenters. The number of hydrogen-bond acceptors (Lipinski definition) is 5. The van der Waals surface area contributed by atoms with Crippen molar-refractivity contribution in [2.24, 2.45) is 0 Å². The molecule has 0 amide bonds. The smallest absolute Gasteiger partial charge is 0.214 e. The minimum Gasteiger partial charge on any atom is -0.481 e. The average Bonchev–Trinajstić information content (AvgIpc) is 2.52. The number of methoxy groups -OCH3 is 1. The van der Waals surface area contributed by atoms with Gasteiger partial charge in [0.05, 0.1) is 18.3 Å². The van der Waals surface area contributed by atoms with Crippen LogP contribution in [0.15, 0.2) is 40.3 Å². The van der Waals surface area contributed by atoms with Gasteiger partial charge in [-0.05, 0) is 30.9 Å². The number of aromatic nitrogens is 1. The summed E-state index contributed by atoms with van der Waals surface area (Å²) in [4.78, 5) is 5.93. The fourth-order valence-electron chi connectivity index (χ4n) is 2.06. The van der Waals surface area contributed by atoms with Crippen LogP contribution >= 0.6 is 23.4 Å². The Labute approximate surface area is 139 Å². The fraction of sp³-hybridized carbons (Fsp3) is 0.312. The summed E-state index contributed by atoms with van der Waals surface area (Å²) in [5, 5.41) is 9.49. The van der Waals surface area contributed by atoms with Crippen molar-refractivity contribution < 1.29 is 9.84 Å². The van der Waals surface area contributed by atoms with Crippen molar-refractivity contribution in [2.75, 3.05) is 19.5 Å². The van der Waals surface area contributed by atoms with Crippen molar-refractivity contribution in [3.05, 3.63) is 41.0 Å². The topological polar surface area (TPSA) is 68.4 Å². The minimum absolute atomic E-state index is 0.207. The molecule has 1 aromatic carbocycles. The lowest BCUT2D eigenvalue weighted by atomic mass is 10.1. The molecule has 0 atom stereocenters. The predicted octanol–water partition coefficient (Wildman–Crippen LogP) is 3.79. The Morgan fingerprint density at radius 2 is 2.18 bits per heavy atom. The van der Waals surface area contributed by atoms with Crippen LogP contribution in [0, 0.1) is 0 Å². The number of nitrogens with two attached hydrogens (primary N) is 1. The molecule has 2 rings (SSSR count). The first kappa shape index (κ1) is 16.9. The van der Waals surface area contributed by atoms with Gasteiger partial charge in [-0.15, -0.1) is 0 Å². The van der Waals surface area contributed by atoms with Gasteiger partial charge in [-0.2, -0.15) is 0 Å². The summed E-state index contributed by atoms with van der Waals surface area (Å²) < 4.78 is 5.15. The highest BCUT2D eigenvalue weighted by atomic mass is 35.5. The largest absolute Gasteiger partial charge is 0.481 e. The maximum Gasteiger partial charge on any atom is 0.214 e. The minimum atomic E-state index is 0.207. The van der Waals surface area contributed by atoms with Gasteiger partial charge < -0.3 is 15.6 Å². The monoisotopic (exact) mass is 338 g/mol. The molecule has 3 N–H and O–H groups in total. The van der Waals surface area contributed by atoms with E-state index < -0.39 is 0 Å². The summed E-state index contributed by atoms with van der Waals surface area (Å²) >= 11 is 7.74. The number of aliphatic hydroxyl groups excluding tert-OH is 1. The Kier molecular flexibility index (Phi) is 6.36. The third-order valence-corrected chi connectivity index (χ3v) is 4.87. The van der Waals surface area contributed by atoms with Crippen LogP contribution in [0.5, 0.6) is 5.88 Å². The van der Waals surface area contributed by atoms with Crippen molar-refractivity contribution in [2.45, 2.75) is 29.1 Å². The number of rotatable bonds is 7. The molecule has 118 valence electrons. The zero-order valence-corrected chi connectivity index (χ0v) is 14.0. The summed E-state index contributed by atoms with van der Waals surface area (Å²) in [6.45, 7) is 0.207. The number of ether oxygens (including phenoxy) is 1. The number of hydrogen-bond donors (Lipinski definition) is 2. The van der Waals surface area contributed by atoms with E-state index in [1.54, 1.807) is 19.4 Å². The Hall–Kier alpha value is -1.43. The molecule has 0 radical (unpaired) electrons. The van der Waals surface area contributed by atoms with E-state index in [9.17, 15) is 0 Å². The normalized spacial score (nSPS) is 10.7. The molecule has 0 aliphatic rings. The number of aliphatic hydroxyl groups is 1. The number of anilines is 1. The first-order chi connectivity index (χ1) is 10.7. The summed E-state index contributed by atoms with van der Waals surface area (Å²) in [5.74, 6) is 0.517. The predicted molar refractivity (Wildman–Crippen MR) is 90.8 cm³/mol. The number of nitrogen functional groups attached to an aromatic ring is 1. The molecule has 2 aromatic rings. The maximum absolute atomic E-state index is 8.93. The van der Waals surface area contributed by atoms with Crippen molar-refractivity contribution >= 4 is 29.1 Å². The molecule has 0 saturated heterocycles. The summed E-state index contributed by atoms with van der Waals surface area (Å²) in [5.41, 5.74) is 8.01. The van der Waals surface area contributed by atoms with Gasteiger partial charge in [0, 0.05) is 28.2 Å². The molecule has 0 aliphatic heterocycles. The summed E-state index contributed by atoms with van der Waals surface area (Å²) in [6.07, 6.45) is 4.14. The molecule has 6 heteroatoms. The van der Waals surface area contributed by atoms with Gasteiger partial charge in [0.2, 0.25) is 5.88 Å². The van der Waals surface area contributed by atoms with Crippen molar-refractivity contribution in [3.8, 4) is 5.88 Å².